The zero-order valence-corrected chi connectivity index (χ0v) is 12.3. The second-order valence-electron chi connectivity index (χ2n) is 5.18. The van der Waals surface area contributed by atoms with Gasteiger partial charge in [0.2, 0.25) is 0 Å². The van der Waals surface area contributed by atoms with E-state index in [2.05, 4.69) is 11.4 Å². The molecule has 0 spiro atoms. The monoisotopic (exact) mass is 290 g/mol. The van der Waals surface area contributed by atoms with Crippen LogP contribution >= 0.6 is 11.8 Å². The molecule has 0 heterocycles. The van der Waals surface area contributed by atoms with Gasteiger partial charge < -0.3 is 10.4 Å². The van der Waals surface area contributed by atoms with E-state index in [1.807, 2.05) is 24.5 Å². The van der Waals surface area contributed by atoms with Crippen molar-refractivity contribution in [3.8, 4) is 6.07 Å². The Morgan fingerprint density at radius 3 is 2.75 bits per heavy atom. The third-order valence-electron chi connectivity index (χ3n) is 3.81. The van der Waals surface area contributed by atoms with Crippen LogP contribution in [0, 0.1) is 11.3 Å². The van der Waals surface area contributed by atoms with E-state index in [1.165, 1.54) is 11.8 Å². The minimum atomic E-state index is -0.793. The lowest BCUT2D eigenvalue weighted by Crippen LogP contribution is -2.37. The van der Waals surface area contributed by atoms with Crippen molar-refractivity contribution >= 4 is 23.4 Å². The molecule has 4 nitrogen and oxygen atoms in total. The predicted octanol–water partition coefficient (Wildman–Crippen LogP) is 3.48. The summed E-state index contributed by atoms with van der Waals surface area (Å²) in [5.74, 6) is -0.793. The molecule has 1 saturated carbocycles. The van der Waals surface area contributed by atoms with Crippen LogP contribution in [-0.2, 0) is 4.79 Å². The Kier molecular flexibility index (Phi) is 4.56. The molecular weight excluding hydrogens is 272 g/mol. The lowest BCUT2D eigenvalue weighted by atomic mass is 9.92. The Morgan fingerprint density at radius 1 is 1.50 bits per heavy atom. The molecule has 0 bridgehead atoms. The Labute approximate surface area is 123 Å². The number of carboxylic acid groups (broad SMARTS) is 1. The first-order valence-corrected chi connectivity index (χ1v) is 7.90. The van der Waals surface area contributed by atoms with Gasteiger partial charge in [-0.05, 0) is 31.2 Å². The van der Waals surface area contributed by atoms with Crippen LogP contribution in [0.15, 0.2) is 23.1 Å². The van der Waals surface area contributed by atoms with Crippen LogP contribution in [0.3, 0.4) is 0 Å². The zero-order valence-electron chi connectivity index (χ0n) is 11.5. The van der Waals surface area contributed by atoms with Crippen molar-refractivity contribution in [2.75, 3.05) is 11.6 Å². The Bertz CT molecular complexity index is 545. The number of rotatable bonds is 5. The SMILES string of the molecule is CSc1cccc(NC2(CC(=O)O)CCCC2)c1C#N. The second-order valence-corrected chi connectivity index (χ2v) is 6.03. The van der Waals surface area contributed by atoms with Gasteiger partial charge in [-0.1, -0.05) is 18.9 Å². The molecule has 0 unspecified atom stereocenters. The quantitative estimate of drug-likeness (QED) is 0.812. The van der Waals surface area contributed by atoms with Crippen molar-refractivity contribution in [1.82, 2.24) is 0 Å². The molecular formula is C15H18N2O2S. The average molecular weight is 290 g/mol. The summed E-state index contributed by atoms with van der Waals surface area (Å²) >= 11 is 1.53. The Balaban J connectivity index is 2.32. The highest BCUT2D eigenvalue weighted by molar-refractivity contribution is 7.98. The maximum atomic E-state index is 11.1. The number of hydrogen-bond acceptors (Lipinski definition) is 4. The lowest BCUT2D eigenvalue weighted by molar-refractivity contribution is -0.138. The molecule has 1 fully saturated rings. The average Bonchev–Trinajstić information content (AvgIpc) is 2.85. The number of nitriles is 1. The number of nitrogens with one attached hydrogen (secondary N) is 1. The van der Waals surface area contributed by atoms with Crippen LogP contribution in [0.1, 0.15) is 37.7 Å². The van der Waals surface area contributed by atoms with Gasteiger partial charge in [0.25, 0.3) is 0 Å². The molecule has 0 aromatic heterocycles. The molecule has 5 heteroatoms. The molecule has 20 heavy (non-hydrogen) atoms. The Hall–Kier alpha value is -1.67. The standard InChI is InChI=1S/C15H18N2O2S/c1-20-13-6-4-5-12(11(13)10-16)17-15(9-14(18)19)7-2-3-8-15/h4-6,17H,2-3,7-9H2,1H3,(H,18,19). The number of aliphatic carboxylic acids is 1. The van der Waals surface area contributed by atoms with Crippen LogP contribution < -0.4 is 5.32 Å². The topological polar surface area (TPSA) is 73.1 Å². The second kappa shape index (κ2) is 6.19. The molecule has 0 atom stereocenters. The predicted molar refractivity (Wildman–Crippen MR) is 80.0 cm³/mol. The number of anilines is 1. The zero-order chi connectivity index (χ0) is 14.6. The van der Waals surface area contributed by atoms with Crippen molar-refractivity contribution in [1.29, 1.82) is 5.26 Å². The lowest BCUT2D eigenvalue weighted by Gasteiger charge is -2.30. The van der Waals surface area contributed by atoms with E-state index in [1.54, 1.807) is 0 Å². The van der Waals surface area contributed by atoms with Gasteiger partial charge in [0, 0.05) is 10.4 Å². The number of benzene rings is 1. The fraction of sp³-hybridized carbons (Fsp3) is 0.467. The summed E-state index contributed by atoms with van der Waals surface area (Å²) in [6.45, 7) is 0. The highest BCUT2D eigenvalue weighted by Gasteiger charge is 2.36. The van der Waals surface area contributed by atoms with Crippen LogP contribution in [-0.4, -0.2) is 22.9 Å². The van der Waals surface area contributed by atoms with Crippen LogP contribution in [0.5, 0.6) is 0 Å². The summed E-state index contributed by atoms with van der Waals surface area (Å²) in [5, 5.41) is 21.8. The summed E-state index contributed by atoms with van der Waals surface area (Å²) in [4.78, 5) is 12.0. The summed E-state index contributed by atoms with van der Waals surface area (Å²) < 4.78 is 0. The van der Waals surface area contributed by atoms with Crippen molar-refractivity contribution in [2.45, 2.75) is 42.5 Å². The van der Waals surface area contributed by atoms with Crippen LogP contribution in [0.2, 0.25) is 0 Å². The van der Waals surface area contributed by atoms with Crippen LogP contribution in [0.25, 0.3) is 0 Å². The largest absolute Gasteiger partial charge is 0.481 e. The number of carboxylic acids is 1. The summed E-state index contributed by atoms with van der Waals surface area (Å²) in [6, 6.07) is 7.90. The van der Waals surface area contributed by atoms with E-state index >= 15 is 0 Å². The molecule has 1 aliphatic carbocycles. The summed E-state index contributed by atoms with van der Waals surface area (Å²) in [5.41, 5.74) is 0.952. The van der Waals surface area contributed by atoms with Gasteiger partial charge in [-0.3, -0.25) is 4.79 Å². The number of nitrogens with zero attached hydrogens (tertiary/aromatic N) is 1. The minimum Gasteiger partial charge on any atom is -0.481 e. The van der Waals surface area contributed by atoms with Gasteiger partial charge in [-0.15, -0.1) is 11.8 Å². The van der Waals surface area contributed by atoms with Gasteiger partial charge in [0.1, 0.15) is 6.07 Å². The van der Waals surface area contributed by atoms with Gasteiger partial charge in [-0.2, -0.15) is 5.26 Å². The normalized spacial score (nSPS) is 16.6. The van der Waals surface area contributed by atoms with Gasteiger partial charge in [0.15, 0.2) is 0 Å². The fourth-order valence-electron chi connectivity index (χ4n) is 2.89. The molecule has 1 aromatic carbocycles. The minimum absolute atomic E-state index is 0.0986. The summed E-state index contributed by atoms with van der Waals surface area (Å²) in [7, 11) is 0. The maximum absolute atomic E-state index is 11.1. The van der Waals surface area contributed by atoms with E-state index in [-0.39, 0.29) is 6.42 Å². The number of thioether (sulfide) groups is 1. The van der Waals surface area contributed by atoms with E-state index in [0.29, 0.717) is 5.56 Å². The first-order valence-electron chi connectivity index (χ1n) is 6.67. The molecule has 106 valence electrons. The van der Waals surface area contributed by atoms with Crippen molar-refractivity contribution < 1.29 is 9.90 Å². The first-order chi connectivity index (χ1) is 9.60. The maximum Gasteiger partial charge on any atom is 0.305 e. The fourth-order valence-corrected chi connectivity index (χ4v) is 3.47. The molecule has 0 amide bonds. The molecule has 1 aromatic rings. The molecule has 0 saturated heterocycles. The highest BCUT2D eigenvalue weighted by Crippen LogP contribution is 2.38. The van der Waals surface area contributed by atoms with Gasteiger partial charge >= 0.3 is 5.97 Å². The number of carbonyl (C=O) groups is 1. The third-order valence-corrected chi connectivity index (χ3v) is 4.59. The van der Waals surface area contributed by atoms with E-state index < -0.39 is 11.5 Å². The van der Waals surface area contributed by atoms with Crippen LogP contribution in [0.4, 0.5) is 5.69 Å². The van der Waals surface area contributed by atoms with Gasteiger partial charge in [0.05, 0.1) is 17.7 Å². The number of hydrogen-bond donors (Lipinski definition) is 2. The van der Waals surface area contributed by atoms with E-state index in [4.69, 9.17) is 5.11 Å². The third kappa shape index (κ3) is 3.07. The highest BCUT2D eigenvalue weighted by atomic mass is 32.2. The smallest absolute Gasteiger partial charge is 0.305 e. The summed E-state index contributed by atoms with van der Waals surface area (Å²) in [6.07, 6.45) is 5.78. The molecule has 2 N–H and O–H groups in total. The molecule has 0 radical (unpaired) electrons. The van der Waals surface area contributed by atoms with Gasteiger partial charge in [-0.25, -0.2) is 0 Å². The Morgan fingerprint density at radius 2 is 2.20 bits per heavy atom. The molecule has 0 aliphatic heterocycles. The van der Waals surface area contributed by atoms with E-state index in [0.717, 1.165) is 36.3 Å². The molecule has 2 rings (SSSR count). The molecule has 1 aliphatic rings. The van der Waals surface area contributed by atoms with Crippen molar-refractivity contribution in [3.05, 3.63) is 23.8 Å². The van der Waals surface area contributed by atoms with E-state index in [9.17, 15) is 10.1 Å². The van der Waals surface area contributed by atoms with Crippen molar-refractivity contribution in [2.24, 2.45) is 0 Å². The van der Waals surface area contributed by atoms with Crippen molar-refractivity contribution in [3.63, 3.8) is 0 Å². The first kappa shape index (κ1) is 14.7.